The summed E-state index contributed by atoms with van der Waals surface area (Å²) in [6.07, 6.45) is -16.0. The van der Waals surface area contributed by atoms with Gasteiger partial charge in [-0.3, -0.25) is 0 Å². The minimum Gasteiger partial charge on any atom is -0.405 e. The summed E-state index contributed by atoms with van der Waals surface area (Å²) in [5.74, 6) is -1.73. The van der Waals surface area contributed by atoms with E-state index in [0.717, 1.165) is 0 Å². The average Bonchev–Trinajstić information content (AvgIpc) is 2.09. The van der Waals surface area contributed by atoms with Gasteiger partial charge in [0.25, 0.3) is 0 Å². The first-order valence-corrected chi connectivity index (χ1v) is 5.54. The van der Waals surface area contributed by atoms with Crippen LogP contribution in [0, 0.1) is 3.57 Å². The third-order valence-corrected chi connectivity index (χ3v) is 3.04. The van der Waals surface area contributed by atoms with Crippen molar-refractivity contribution in [1.29, 1.82) is 0 Å². The quantitative estimate of drug-likeness (QED) is 0.444. The lowest BCUT2D eigenvalue weighted by atomic mass is 10.1. The second-order valence-corrected chi connectivity index (χ2v) is 4.42. The lowest BCUT2D eigenvalue weighted by Gasteiger charge is -2.19. The molecule has 1 aromatic carbocycles. The first-order chi connectivity index (χ1) is 8.73. The van der Waals surface area contributed by atoms with Crippen LogP contribution in [0.1, 0.15) is 11.1 Å². The molecule has 1 nitrogen and oxygen atoms in total. The summed E-state index contributed by atoms with van der Waals surface area (Å²) in [4.78, 5) is 0. The highest BCUT2D eigenvalue weighted by Crippen LogP contribution is 2.45. The number of ether oxygens (including phenoxy) is 1. The highest BCUT2D eigenvalue weighted by molar-refractivity contribution is 14.1. The van der Waals surface area contributed by atoms with Crippen LogP contribution in [-0.4, -0.2) is 6.36 Å². The fraction of sp³-hybridized carbons (Fsp3) is 0.333. The topological polar surface area (TPSA) is 9.23 Å². The zero-order valence-corrected chi connectivity index (χ0v) is 11.0. The molecule has 0 saturated heterocycles. The molecule has 0 saturated carbocycles. The van der Waals surface area contributed by atoms with Crippen molar-refractivity contribution < 1.29 is 44.3 Å². The molecule has 0 aliphatic rings. The van der Waals surface area contributed by atoms with Gasteiger partial charge in [0.05, 0.1) is 5.56 Å². The maximum Gasteiger partial charge on any atom is 0.573 e. The fourth-order valence-electron chi connectivity index (χ4n) is 1.25. The Bertz CT molecular complexity index is 500. The molecule has 0 aliphatic carbocycles. The molecule has 0 bridgehead atoms. The Balaban J connectivity index is 3.53. The minimum atomic E-state index is -5.46. The van der Waals surface area contributed by atoms with Gasteiger partial charge in [-0.1, -0.05) is 0 Å². The lowest BCUT2D eigenvalue weighted by molar-refractivity contribution is -0.276. The third kappa shape index (κ3) is 4.06. The van der Waals surface area contributed by atoms with E-state index in [1.54, 1.807) is 0 Å². The van der Waals surface area contributed by atoms with Gasteiger partial charge in [0.2, 0.25) is 0 Å². The SMILES string of the molecule is FC(F)(F)Oc1ccc(C(F)(F)F)c(I)c1C(F)(F)F. The summed E-state index contributed by atoms with van der Waals surface area (Å²) in [6.45, 7) is 0. The van der Waals surface area contributed by atoms with Gasteiger partial charge in [-0.05, 0) is 34.7 Å². The Morgan fingerprint density at radius 3 is 1.65 bits per heavy atom. The molecule has 0 heterocycles. The lowest BCUT2D eigenvalue weighted by Crippen LogP contribution is -2.22. The van der Waals surface area contributed by atoms with Gasteiger partial charge in [-0.25, -0.2) is 0 Å². The molecule has 0 radical (unpaired) electrons. The zero-order valence-electron chi connectivity index (χ0n) is 8.84. The van der Waals surface area contributed by atoms with Gasteiger partial charge in [0.15, 0.2) is 0 Å². The molecule has 0 amide bonds. The van der Waals surface area contributed by atoms with Gasteiger partial charge in [0.1, 0.15) is 11.3 Å². The van der Waals surface area contributed by atoms with Gasteiger partial charge in [0, 0.05) is 3.57 Å². The van der Waals surface area contributed by atoms with Gasteiger partial charge in [-0.2, -0.15) is 26.3 Å². The molecule has 1 aromatic rings. The van der Waals surface area contributed by atoms with Gasteiger partial charge >= 0.3 is 18.7 Å². The highest BCUT2D eigenvalue weighted by Gasteiger charge is 2.44. The van der Waals surface area contributed by atoms with Crippen molar-refractivity contribution in [3.63, 3.8) is 0 Å². The van der Waals surface area contributed by atoms with E-state index in [0.29, 0.717) is 22.6 Å². The van der Waals surface area contributed by atoms with Gasteiger partial charge < -0.3 is 4.74 Å². The number of alkyl halides is 9. The number of rotatable bonds is 1. The van der Waals surface area contributed by atoms with E-state index >= 15 is 0 Å². The molecule has 0 unspecified atom stereocenters. The number of hydrogen-bond donors (Lipinski definition) is 0. The Morgan fingerprint density at radius 2 is 1.30 bits per heavy atom. The van der Waals surface area contributed by atoms with Crippen molar-refractivity contribution in [3.05, 3.63) is 26.8 Å². The van der Waals surface area contributed by atoms with Crippen LogP contribution in [0.5, 0.6) is 5.75 Å². The number of hydrogen-bond acceptors (Lipinski definition) is 1. The molecule has 0 spiro atoms. The van der Waals surface area contributed by atoms with Crippen molar-refractivity contribution in [3.8, 4) is 5.75 Å². The molecule has 0 aliphatic heterocycles. The average molecular weight is 424 g/mol. The summed E-state index contributed by atoms with van der Waals surface area (Å²) in [6, 6.07) is 0.0827. The Kier molecular flexibility index (Phi) is 4.42. The largest absolute Gasteiger partial charge is 0.573 e. The van der Waals surface area contributed by atoms with E-state index in [-0.39, 0.29) is 12.1 Å². The van der Waals surface area contributed by atoms with Crippen molar-refractivity contribution >= 4 is 22.6 Å². The maximum atomic E-state index is 12.6. The smallest absolute Gasteiger partial charge is 0.405 e. The van der Waals surface area contributed by atoms with Crippen LogP contribution in [0.4, 0.5) is 39.5 Å². The molecule has 0 fully saturated rings. The second-order valence-electron chi connectivity index (χ2n) is 3.34. The third-order valence-electron chi connectivity index (χ3n) is 1.92. The summed E-state index contributed by atoms with van der Waals surface area (Å²) in [7, 11) is 0. The van der Waals surface area contributed by atoms with Crippen LogP contribution in [0.3, 0.4) is 0 Å². The van der Waals surface area contributed by atoms with E-state index in [2.05, 4.69) is 4.74 Å². The van der Waals surface area contributed by atoms with Crippen molar-refractivity contribution in [1.82, 2.24) is 0 Å². The number of benzene rings is 1. The number of halogens is 10. The van der Waals surface area contributed by atoms with Crippen LogP contribution < -0.4 is 4.74 Å². The molecular formula is C9H2F9IO. The zero-order chi connectivity index (χ0) is 15.9. The summed E-state index contributed by atoms with van der Waals surface area (Å²) in [5.41, 5.74) is -3.81. The molecule has 11 heteroatoms. The van der Waals surface area contributed by atoms with Gasteiger partial charge in [-0.15, -0.1) is 13.2 Å². The monoisotopic (exact) mass is 424 g/mol. The Morgan fingerprint density at radius 1 is 0.800 bits per heavy atom. The van der Waals surface area contributed by atoms with Crippen molar-refractivity contribution in [2.45, 2.75) is 18.7 Å². The highest BCUT2D eigenvalue weighted by atomic mass is 127. The van der Waals surface area contributed by atoms with Crippen LogP contribution in [-0.2, 0) is 12.4 Å². The van der Waals surface area contributed by atoms with Crippen LogP contribution in [0.25, 0.3) is 0 Å². The Hall–Kier alpha value is -0.880. The molecule has 114 valence electrons. The molecule has 0 N–H and O–H groups in total. The molecule has 0 atom stereocenters. The predicted octanol–water partition coefficient (Wildman–Crippen LogP) is 5.23. The van der Waals surface area contributed by atoms with Crippen molar-refractivity contribution in [2.24, 2.45) is 0 Å². The molecule has 20 heavy (non-hydrogen) atoms. The summed E-state index contributed by atoms with van der Waals surface area (Å²) in [5, 5.41) is 0. The van der Waals surface area contributed by atoms with E-state index in [4.69, 9.17) is 0 Å². The first-order valence-electron chi connectivity index (χ1n) is 4.46. The fourth-order valence-corrected chi connectivity index (χ4v) is 2.31. The van der Waals surface area contributed by atoms with E-state index in [1.165, 1.54) is 0 Å². The summed E-state index contributed by atoms with van der Waals surface area (Å²) >= 11 is 0.681. The van der Waals surface area contributed by atoms with Crippen molar-refractivity contribution in [2.75, 3.05) is 0 Å². The summed E-state index contributed by atoms with van der Waals surface area (Å²) < 4.78 is 113. The van der Waals surface area contributed by atoms with E-state index < -0.39 is 39.2 Å². The first kappa shape index (κ1) is 17.2. The minimum absolute atomic E-state index is 0.0126. The second kappa shape index (κ2) is 5.15. The van der Waals surface area contributed by atoms with E-state index in [1.807, 2.05) is 0 Å². The van der Waals surface area contributed by atoms with Crippen LogP contribution in [0.15, 0.2) is 12.1 Å². The van der Waals surface area contributed by atoms with Crippen LogP contribution >= 0.6 is 22.6 Å². The molecular weight excluding hydrogens is 422 g/mol. The normalized spacial score (nSPS) is 13.5. The predicted molar refractivity (Wildman–Crippen MR) is 55.8 cm³/mol. The van der Waals surface area contributed by atoms with E-state index in [9.17, 15) is 39.5 Å². The molecule has 1 rings (SSSR count). The Labute approximate surface area is 118 Å². The van der Waals surface area contributed by atoms with Crippen LogP contribution in [0.2, 0.25) is 0 Å². The molecule has 0 aromatic heterocycles. The maximum absolute atomic E-state index is 12.6. The standard InChI is InChI=1S/C9H2F9IO/c10-7(11,12)3-1-2-4(20-9(16,17)18)5(6(3)19)8(13,14)15/h1-2H.